The van der Waals surface area contributed by atoms with Crippen LogP contribution in [0, 0.1) is 0 Å². The summed E-state index contributed by atoms with van der Waals surface area (Å²) in [7, 11) is 0. The SMILES string of the molecule is O=C1OCC(OCCF)(C(F)(F)C(F)(F)F)O1. The number of hydrogen-bond acceptors (Lipinski definition) is 4. The molecule has 1 aliphatic rings. The molecule has 0 bridgehead atoms. The summed E-state index contributed by atoms with van der Waals surface area (Å²) in [5.74, 6) is -9.18. The van der Waals surface area contributed by atoms with Crippen molar-refractivity contribution in [3.63, 3.8) is 0 Å². The van der Waals surface area contributed by atoms with Gasteiger partial charge in [-0.25, -0.2) is 9.18 Å². The Labute approximate surface area is 90.4 Å². The lowest BCUT2D eigenvalue weighted by Crippen LogP contribution is -2.60. The molecule has 0 amide bonds. The number of carbonyl (C=O) groups excluding carboxylic acids is 1. The van der Waals surface area contributed by atoms with Gasteiger partial charge < -0.3 is 14.2 Å². The number of rotatable bonds is 4. The first kappa shape index (κ1) is 13.9. The molecule has 1 aliphatic heterocycles. The van der Waals surface area contributed by atoms with Crippen molar-refractivity contribution in [3.8, 4) is 0 Å². The molecule has 1 heterocycles. The van der Waals surface area contributed by atoms with Crippen LogP contribution < -0.4 is 0 Å². The van der Waals surface area contributed by atoms with E-state index in [1.165, 1.54) is 0 Å². The van der Waals surface area contributed by atoms with Gasteiger partial charge in [-0.1, -0.05) is 0 Å². The van der Waals surface area contributed by atoms with Gasteiger partial charge in [-0.05, 0) is 0 Å². The molecule has 0 spiro atoms. The van der Waals surface area contributed by atoms with Gasteiger partial charge in [0.05, 0.1) is 6.61 Å². The van der Waals surface area contributed by atoms with Crippen LogP contribution in [0.5, 0.6) is 0 Å². The zero-order valence-corrected chi connectivity index (χ0v) is 8.02. The van der Waals surface area contributed by atoms with Gasteiger partial charge in [0.1, 0.15) is 6.67 Å². The maximum absolute atomic E-state index is 13.1. The monoisotopic (exact) mass is 268 g/mol. The normalized spacial score (nSPS) is 25.6. The molecule has 1 fully saturated rings. The van der Waals surface area contributed by atoms with Crippen LogP contribution in [0.15, 0.2) is 0 Å². The Hall–Kier alpha value is -1.19. The van der Waals surface area contributed by atoms with Crippen molar-refractivity contribution in [1.82, 2.24) is 0 Å². The van der Waals surface area contributed by atoms with Crippen LogP contribution in [-0.2, 0) is 14.2 Å². The summed E-state index contributed by atoms with van der Waals surface area (Å²) in [4.78, 5) is 10.5. The molecule has 0 aromatic rings. The molecule has 1 rings (SSSR count). The molecule has 1 unspecified atom stereocenters. The van der Waals surface area contributed by atoms with Gasteiger partial charge in [0.2, 0.25) is 0 Å². The molecule has 0 saturated carbocycles. The number of halogens is 6. The second-order valence-electron chi connectivity index (χ2n) is 3.00. The second-order valence-corrected chi connectivity index (χ2v) is 3.00. The maximum atomic E-state index is 13.1. The van der Waals surface area contributed by atoms with Crippen molar-refractivity contribution >= 4 is 6.16 Å². The summed E-state index contributed by atoms with van der Waals surface area (Å²) < 4.78 is 85.8. The first-order valence-electron chi connectivity index (χ1n) is 4.16. The van der Waals surface area contributed by atoms with Gasteiger partial charge >= 0.3 is 24.0 Å². The first-order valence-corrected chi connectivity index (χ1v) is 4.16. The minimum atomic E-state index is -6.03. The largest absolute Gasteiger partial charge is 0.511 e. The third-order valence-electron chi connectivity index (χ3n) is 1.88. The standard InChI is InChI=1S/C7H6F6O4/c8-1-2-16-5(3-15-4(14)17-5)6(9,10)7(11,12)13/h1-3H2. The highest BCUT2D eigenvalue weighted by Crippen LogP contribution is 2.47. The summed E-state index contributed by atoms with van der Waals surface area (Å²) in [6.45, 7) is -3.89. The molecule has 17 heavy (non-hydrogen) atoms. The number of hydrogen-bond donors (Lipinski definition) is 0. The van der Waals surface area contributed by atoms with Gasteiger partial charge in [0, 0.05) is 0 Å². The van der Waals surface area contributed by atoms with E-state index in [4.69, 9.17) is 0 Å². The van der Waals surface area contributed by atoms with E-state index in [0.29, 0.717) is 0 Å². The topological polar surface area (TPSA) is 44.8 Å². The van der Waals surface area contributed by atoms with Crippen molar-refractivity contribution in [1.29, 1.82) is 0 Å². The third-order valence-corrected chi connectivity index (χ3v) is 1.88. The Kier molecular flexibility index (Phi) is 3.46. The first-order chi connectivity index (χ1) is 7.66. The zero-order chi connectivity index (χ0) is 13.3. The van der Waals surface area contributed by atoms with E-state index in [2.05, 4.69) is 14.2 Å². The van der Waals surface area contributed by atoms with Crippen molar-refractivity contribution < 1.29 is 45.3 Å². The predicted octanol–water partition coefficient (Wildman–Crippen LogP) is 2.03. The molecule has 1 atom stereocenters. The van der Waals surface area contributed by atoms with Crippen molar-refractivity contribution in [2.24, 2.45) is 0 Å². The molecule has 10 heteroatoms. The Morgan fingerprint density at radius 2 is 1.88 bits per heavy atom. The van der Waals surface area contributed by atoms with Crippen LogP contribution in [-0.4, -0.2) is 43.9 Å². The molecule has 0 aliphatic carbocycles. The molecule has 0 N–H and O–H groups in total. The number of carbonyl (C=O) groups is 1. The molecule has 100 valence electrons. The lowest BCUT2D eigenvalue weighted by molar-refractivity contribution is -0.393. The van der Waals surface area contributed by atoms with Crippen molar-refractivity contribution in [2.75, 3.05) is 19.9 Å². The van der Waals surface area contributed by atoms with Gasteiger partial charge in [-0.3, -0.25) is 0 Å². The minimum Gasteiger partial charge on any atom is -0.427 e. The molecule has 0 aromatic heterocycles. The molecule has 1 saturated heterocycles. The third kappa shape index (κ3) is 2.26. The Bertz CT molecular complexity index is 303. The molecule has 0 radical (unpaired) electrons. The van der Waals surface area contributed by atoms with Crippen LogP contribution in [0.25, 0.3) is 0 Å². The summed E-state index contributed by atoms with van der Waals surface area (Å²) in [5.41, 5.74) is 0. The zero-order valence-electron chi connectivity index (χ0n) is 8.02. The average molecular weight is 268 g/mol. The number of ether oxygens (including phenoxy) is 3. The van der Waals surface area contributed by atoms with Crippen LogP contribution in [0.3, 0.4) is 0 Å². The van der Waals surface area contributed by atoms with Crippen molar-refractivity contribution in [3.05, 3.63) is 0 Å². The van der Waals surface area contributed by atoms with Crippen LogP contribution in [0.1, 0.15) is 0 Å². The quantitative estimate of drug-likeness (QED) is 0.578. The van der Waals surface area contributed by atoms with E-state index < -0.39 is 43.9 Å². The van der Waals surface area contributed by atoms with Gasteiger partial charge in [-0.2, -0.15) is 22.0 Å². The van der Waals surface area contributed by atoms with Gasteiger partial charge in [0.25, 0.3) is 0 Å². The fourth-order valence-corrected chi connectivity index (χ4v) is 1.08. The molecular formula is C7H6F6O4. The van der Waals surface area contributed by atoms with E-state index in [1.54, 1.807) is 0 Å². The van der Waals surface area contributed by atoms with Crippen LogP contribution >= 0.6 is 0 Å². The van der Waals surface area contributed by atoms with Crippen LogP contribution in [0.4, 0.5) is 31.1 Å². The number of cyclic esters (lactones) is 2. The summed E-state index contributed by atoms with van der Waals surface area (Å²) in [5, 5.41) is 0. The fourth-order valence-electron chi connectivity index (χ4n) is 1.08. The van der Waals surface area contributed by atoms with Crippen LogP contribution in [0.2, 0.25) is 0 Å². The Balaban J connectivity index is 3.02. The van der Waals surface area contributed by atoms with Gasteiger partial charge in [-0.15, -0.1) is 0 Å². The fraction of sp³-hybridized carbons (Fsp3) is 0.857. The van der Waals surface area contributed by atoms with E-state index in [9.17, 15) is 31.1 Å². The van der Waals surface area contributed by atoms with E-state index in [0.717, 1.165) is 0 Å². The maximum Gasteiger partial charge on any atom is 0.511 e. The predicted molar refractivity (Wildman–Crippen MR) is 38.1 cm³/mol. The lowest BCUT2D eigenvalue weighted by Gasteiger charge is -2.33. The second kappa shape index (κ2) is 4.24. The molecular weight excluding hydrogens is 262 g/mol. The van der Waals surface area contributed by atoms with Crippen molar-refractivity contribution in [2.45, 2.75) is 17.9 Å². The smallest absolute Gasteiger partial charge is 0.427 e. The van der Waals surface area contributed by atoms with E-state index in [1.807, 2.05) is 0 Å². The lowest BCUT2D eigenvalue weighted by atomic mass is 10.1. The summed E-state index contributed by atoms with van der Waals surface area (Å²) in [6, 6.07) is 0. The van der Waals surface area contributed by atoms with Gasteiger partial charge in [0.15, 0.2) is 6.61 Å². The summed E-state index contributed by atoms with van der Waals surface area (Å²) in [6.07, 6.45) is -7.77. The highest BCUT2D eigenvalue weighted by atomic mass is 19.4. The minimum absolute atomic E-state index is 1.09. The van der Waals surface area contributed by atoms with E-state index in [-0.39, 0.29) is 0 Å². The Morgan fingerprint density at radius 3 is 2.24 bits per heavy atom. The Morgan fingerprint density at radius 1 is 1.29 bits per heavy atom. The molecule has 0 aromatic carbocycles. The summed E-state index contributed by atoms with van der Waals surface area (Å²) >= 11 is 0. The highest BCUT2D eigenvalue weighted by Gasteiger charge is 2.76. The molecule has 4 nitrogen and oxygen atoms in total. The average Bonchev–Trinajstić information content (AvgIpc) is 2.57. The number of alkyl halides is 6. The highest BCUT2D eigenvalue weighted by molar-refractivity contribution is 5.62. The van der Waals surface area contributed by atoms with E-state index >= 15 is 0 Å².